The van der Waals surface area contributed by atoms with E-state index in [1.807, 2.05) is 12.2 Å². The van der Waals surface area contributed by atoms with E-state index in [1.165, 1.54) is 0 Å². The average Bonchev–Trinajstić information content (AvgIpc) is 1.76. The molecule has 0 aromatic rings. The van der Waals surface area contributed by atoms with E-state index in [2.05, 4.69) is 12.2 Å². The van der Waals surface area contributed by atoms with Gasteiger partial charge in [0, 0.05) is 32.7 Å². The molecule has 13 heavy (non-hydrogen) atoms. The molecular weight excluding hydrogens is 280 g/mol. The van der Waals surface area contributed by atoms with Gasteiger partial charge in [-0.05, 0) is 0 Å². The van der Waals surface area contributed by atoms with E-state index in [4.69, 9.17) is 0 Å². The molecule has 1 aliphatic rings. The van der Waals surface area contributed by atoms with Crippen LogP contribution in [0.2, 0.25) is 0 Å². The molecule has 0 atom stereocenters. The first kappa shape index (κ1) is 64.6. The van der Waals surface area contributed by atoms with Crippen LogP contribution in [-0.4, -0.2) is 0 Å². The van der Waals surface area contributed by atoms with Crippen LogP contribution in [0.3, 0.4) is 0 Å². The van der Waals surface area contributed by atoms with Crippen LogP contribution in [0.15, 0.2) is 18.2 Å². The Morgan fingerprint density at radius 3 is 1.31 bits per heavy atom. The molecule has 0 amide bonds. The van der Waals surface area contributed by atoms with E-state index in [-0.39, 0.29) is 94.7 Å². The van der Waals surface area contributed by atoms with Crippen LogP contribution in [0, 0.1) is 43.2 Å². The normalized spacial score (nSPS) is 6.77. The summed E-state index contributed by atoms with van der Waals surface area (Å²) in [4.78, 5) is 0. The van der Waals surface area contributed by atoms with Gasteiger partial charge >= 0.3 is 0 Å². The topological polar surface area (TPSA) is 0 Å². The Labute approximate surface area is 124 Å². The van der Waals surface area contributed by atoms with Gasteiger partial charge in [0.1, 0.15) is 0 Å². The third-order valence-corrected chi connectivity index (χ3v) is 0.586. The SMILES string of the molecule is Cl.Cl.[C-]1=CC=CC1.[CH3-].[CH3-].[CH3-].[CH3-].[CH3-].[Y]. The molecule has 85 valence electrons. The van der Waals surface area contributed by atoms with Crippen molar-refractivity contribution in [2.75, 3.05) is 0 Å². The van der Waals surface area contributed by atoms with Gasteiger partial charge < -0.3 is 37.1 Å². The van der Waals surface area contributed by atoms with Crippen LogP contribution in [0.5, 0.6) is 0 Å². The van der Waals surface area contributed by atoms with Crippen molar-refractivity contribution in [2.45, 2.75) is 6.42 Å². The third kappa shape index (κ3) is 43.2. The molecule has 0 saturated heterocycles. The molecule has 0 fully saturated rings. The molecule has 0 nitrogen and oxygen atoms in total. The fourth-order valence-electron chi connectivity index (χ4n) is 0.340. The first-order chi connectivity index (χ1) is 2.50. The maximum Gasteiger partial charge on any atom is 0 e. The average molecular weight is 302 g/mol. The number of rotatable bonds is 0. The van der Waals surface area contributed by atoms with Crippen molar-refractivity contribution >= 4 is 24.8 Å². The monoisotopic (exact) mass is 301 g/mol. The molecular formula is C10H22Cl2Y-6. The first-order valence-electron chi connectivity index (χ1n) is 1.72. The van der Waals surface area contributed by atoms with E-state index in [0.29, 0.717) is 0 Å². The van der Waals surface area contributed by atoms with Crippen LogP contribution >= 0.6 is 24.8 Å². The standard InChI is InChI=1S/C5H5.5CH3.2ClH.Y/c1-2-4-5-3-1;;;;;;;;/h1-3H,4H2;5*1H3;2*1H;/q6*-1;;;. The van der Waals surface area contributed by atoms with Crippen LogP contribution in [0.25, 0.3) is 0 Å². The smallest absolute Gasteiger partial charge is 0 e. The molecule has 1 aliphatic carbocycles. The molecule has 3 heteroatoms. The van der Waals surface area contributed by atoms with Crippen molar-refractivity contribution in [3.63, 3.8) is 0 Å². The van der Waals surface area contributed by atoms with Crippen molar-refractivity contribution in [3.8, 4) is 0 Å². The number of halogens is 2. The summed E-state index contributed by atoms with van der Waals surface area (Å²) >= 11 is 0. The Bertz CT molecular complexity index is 71.0. The summed E-state index contributed by atoms with van der Waals surface area (Å²) in [6.45, 7) is 0. The van der Waals surface area contributed by atoms with Gasteiger partial charge in [-0.1, -0.05) is 0 Å². The number of allylic oxidation sites excluding steroid dienone is 4. The predicted molar refractivity (Wildman–Crippen MR) is 68.1 cm³/mol. The van der Waals surface area contributed by atoms with Crippen LogP contribution < -0.4 is 0 Å². The van der Waals surface area contributed by atoms with Gasteiger partial charge in [-0.25, -0.2) is 12.2 Å². The molecule has 0 saturated carbocycles. The van der Waals surface area contributed by atoms with E-state index >= 15 is 0 Å². The van der Waals surface area contributed by atoms with Gasteiger partial charge in [-0.2, -0.15) is 6.08 Å². The van der Waals surface area contributed by atoms with Crippen molar-refractivity contribution < 1.29 is 32.7 Å². The minimum atomic E-state index is 0. The number of hydrogen-bond acceptors (Lipinski definition) is 0. The zero-order valence-corrected chi connectivity index (χ0v) is 13.8. The predicted octanol–water partition coefficient (Wildman–Crippen LogP) is 4.40. The Balaban J connectivity index is -0.00000000521. The fourth-order valence-corrected chi connectivity index (χ4v) is 0.340. The molecule has 0 aromatic heterocycles. The van der Waals surface area contributed by atoms with Gasteiger partial charge in [0.25, 0.3) is 0 Å². The summed E-state index contributed by atoms with van der Waals surface area (Å²) in [6, 6.07) is 0. The fraction of sp³-hybridized carbons (Fsp3) is 0.100. The number of hydrogen-bond donors (Lipinski definition) is 0. The Hall–Kier alpha value is 1.16. The second-order valence-corrected chi connectivity index (χ2v) is 1.00. The summed E-state index contributed by atoms with van der Waals surface area (Å²) in [5, 5.41) is 0. The van der Waals surface area contributed by atoms with Crippen molar-refractivity contribution in [1.82, 2.24) is 0 Å². The van der Waals surface area contributed by atoms with Crippen molar-refractivity contribution in [1.29, 1.82) is 0 Å². The zero-order chi connectivity index (χ0) is 3.54. The van der Waals surface area contributed by atoms with Crippen LogP contribution in [0.4, 0.5) is 0 Å². The van der Waals surface area contributed by atoms with E-state index in [1.54, 1.807) is 0 Å². The molecule has 0 aromatic carbocycles. The molecule has 0 unspecified atom stereocenters. The molecule has 0 spiro atoms. The van der Waals surface area contributed by atoms with Crippen LogP contribution in [0.1, 0.15) is 6.42 Å². The van der Waals surface area contributed by atoms with Gasteiger partial charge in [-0.15, -0.1) is 31.2 Å². The van der Waals surface area contributed by atoms with Crippen molar-refractivity contribution in [3.05, 3.63) is 61.4 Å². The van der Waals surface area contributed by atoms with Gasteiger partial charge in [0.2, 0.25) is 0 Å². The van der Waals surface area contributed by atoms with E-state index in [0.717, 1.165) is 6.42 Å². The van der Waals surface area contributed by atoms with Crippen molar-refractivity contribution in [2.24, 2.45) is 0 Å². The maximum absolute atomic E-state index is 2.99. The van der Waals surface area contributed by atoms with Gasteiger partial charge in [-0.3, -0.25) is 6.08 Å². The van der Waals surface area contributed by atoms with Gasteiger partial charge in [0.05, 0.1) is 0 Å². The van der Waals surface area contributed by atoms with Gasteiger partial charge in [0.15, 0.2) is 0 Å². The third-order valence-electron chi connectivity index (χ3n) is 0.586. The Morgan fingerprint density at radius 2 is 1.23 bits per heavy atom. The minimum absolute atomic E-state index is 0. The molecule has 0 bridgehead atoms. The summed E-state index contributed by atoms with van der Waals surface area (Å²) in [6.07, 6.45) is 10.0. The maximum atomic E-state index is 2.99. The van der Waals surface area contributed by atoms with E-state index < -0.39 is 0 Å². The quantitative estimate of drug-likeness (QED) is 0.582. The Kier molecular flexibility index (Phi) is 255. The summed E-state index contributed by atoms with van der Waals surface area (Å²) in [5.74, 6) is 0. The van der Waals surface area contributed by atoms with Crippen LogP contribution in [-0.2, 0) is 32.7 Å². The summed E-state index contributed by atoms with van der Waals surface area (Å²) in [7, 11) is 0. The molecule has 0 N–H and O–H groups in total. The van der Waals surface area contributed by atoms with E-state index in [9.17, 15) is 0 Å². The summed E-state index contributed by atoms with van der Waals surface area (Å²) in [5.41, 5.74) is 0. The molecule has 1 rings (SSSR count). The molecule has 1 radical (unpaired) electrons. The first-order valence-corrected chi connectivity index (χ1v) is 1.72. The second kappa shape index (κ2) is 51.3. The largest absolute Gasteiger partial charge is 0.358 e. The summed E-state index contributed by atoms with van der Waals surface area (Å²) < 4.78 is 0. The zero-order valence-electron chi connectivity index (χ0n) is 9.33. The molecule has 0 aliphatic heterocycles. The Morgan fingerprint density at radius 1 is 0.846 bits per heavy atom. The second-order valence-electron chi connectivity index (χ2n) is 1.00. The molecule has 0 heterocycles. The minimum Gasteiger partial charge on any atom is -0.358 e.